The van der Waals surface area contributed by atoms with Crippen LogP contribution in [0, 0.1) is 5.41 Å². The number of ether oxygens (including phenoxy) is 1. The van der Waals surface area contributed by atoms with Crippen LogP contribution in [0.25, 0.3) is 0 Å². The van der Waals surface area contributed by atoms with Crippen LogP contribution in [-0.4, -0.2) is 42.2 Å². The minimum absolute atomic E-state index is 0.0271. The van der Waals surface area contributed by atoms with Gasteiger partial charge in [-0.2, -0.15) is 4.72 Å². The van der Waals surface area contributed by atoms with Gasteiger partial charge in [-0.1, -0.05) is 20.8 Å². The van der Waals surface area contributed by atoms with Crippen LogP contribution in [0.15, 0.2) is 23.1 Å². The molecule has 0 fully saturated rings. The number of hydrogen-bond acceptors (Lipinski definition) is 5. The molecule has 0 radical (unpaired) electrons. The second-order valence-corrected chi connectivity index (χ2v) is 9.58. The molecule has 1 aliphatic heterocycles. The zero-order valence-electron chi connectivity index (χ0n) is 15.9. The van der Waals surface area contributed by atoms with Crippen molar-refractivity contribution in [2.24, 2.45) is 5.41 Å². The Morgan fingerprint density at radius 3 is 2.33 bits per heavy atom. The van der Waals surface area contributed by atoms with Crippen LogP contribution in [0.5, 0.6) is 5.75 Å². The number of hydrogen-bond donors (Lipinski definition) is 3. The molecule has 8 nitrogen and oxygen atoms in total. The third-order valence-electron chi connectivity index (χ3n) is 5.73. The van der Waals surface area contributed by atoms with Crippen molar-refractivity contribution in [3.05, 3.63) is 23.8 Å². The number of rotatable bonds is 6. The highest BCUT2D eigenvalue weighted by Crippen LogP contribution is 2.52. The van der Waals surface area contributed by atoms with Gasteiger partial charge < -0.3 is 14.9 Å². The first-order valence-corrected chi connectivity index (χ1v) is 9.97. The quantitative estimate of drug-likeness (QED) is 0.668. The van der Waals surface area contributed by atoms with E-state index >= 15 is 0 Å². The van der Waals surface area contributed by atoms with Crippen LogP contribution in [0.3, 0.4) is 0 Å². The number of benzene rings is 1. The smallest absolute Gasteiger partial charge is 0.322 e. The minimum atomic E-state index is -4.22. The molecule has 0 bridgehead atoms. The van der Waals surface area contributed by atoms with E-state index in [4.69, 9.17) is 14.9 Å². The number of aliphatic carboxylic acids is 2. The van der Waals surface area contributed by atoms with E-state index in [-0.39, 0.29) is 16.2 Å². The predicted molar refractivity (Wildman–Crippen MR) is 97.3 cm³/mol. The van der Waals surface area contributed by atoms with Gasteiger partial charge in [-0.25, -0.2) is 8.42 Å². The van der Waals surface area contributed by atoms with Crippen LogP contribution in [0.1, 0.15) is 52.5 Å². The van der Waals surface area contributed by atoms with Gasteiger partial charge >= 0.3 is 11.9 Å². The Morgan fingerprint density at radius 2 is 1.81 bits per heavy atom. The first-order chi connectivity index (χ1) is 12.2. The molecule has 27 heavy (non-hydrogen) atoms. The van der Waals surface area contributed by atoms with E-state index < -0.39 is 40.0 Å². The standard InChI is InChI=1S/C18H25NO7S/c1-10-12-8-11(6-7-14(12)26-18(4,5)17(10,2)3)27(24,25)19-13(16(22)23)9-15(20)21/h6-8,10,13,19H,9H2,1-5H3,(H,20,21)(H,22,23). The lowest BCUT2D eigenvalue weighted by molar-refractivity contribution is -0.145. The summed E-state index contributed by atoms with van der Waals surface area (Å²) in [7, 11) is -4.22. The summed E-state index contributed by atoms with van der Waals surface area (Å²) in [6.07, 6.45) is -0.861. The van der Waals surface area contributed by atoms with E-state index in [1.165, 1.54) is 12.1 Å². The van der Waals surface area contributed by atoms with Gasteiger partial charge in [0.1, 0.15) is 17.4 Å². The van der Waals surface area contributed by atoms with Gasteiger partial charge in [-0.15, -0.1) is 0 Å². The second kappa shape index (κ2) is 6.79. The maximum atomic E-state index is 12.6. The number of carbonyl (C=O) groups is 2. The van der Waals surface area contributed by atoms with Crippen molar-refractivity contribution in [3.63, 3.8) is 0 Å². The van der Waals surface area contributed by atoms with Gasteiger partial charge in [-0.05, 0) is 43.5 Å². The van der Waals surface area contributed by atoms with Crippen LogP contribution in [0.2, 0.25) is 0 Å². The average Bonchev–Trinajstić information content (AvgIpc) is 2.51. The van der Waals surface area contributed by atoms with E-state index in [2.05, 4.69) is 0 Å². The van der Waals surface area contributed by atoms with Gasteiger partial charge in [0.2, 0.25) is 10.0 Å². The summed E-state index contributed by atoms with van der Waals surface area (Å²) in [4.78, 5) is 21.8. The van der Waals surface area contributed by atoms with Crippen molar-refractivity contribution in [3.8, 4) is 5.75 Å². The second-order valence-electron chi connectivity index (χ2n) is 7.87. The van der Waals surface area contributed by atoms with Crippen LogP contribution >= 0.6 is 0 Å². The maximum Gasteiger partial charge on any atom is 0.322 e. The molecule has 1 aliphatic rings. The maximum absolute atomic E-state index is 12.6. The van der Waals surface area contributed by atoms with E-state index in [1.807, 2.05) is 39.3 Å². The summed E-state index contributed by atoms with van der Waals surface area (Å²) in [5, 5.41) is 17.9. The highest BCUT2D eigenvalue weighted by molar-refractivity contribution is 7.89. The molecule has 1 heterocycles. The molecule has 150 valence electrons. The lowest BCUT2D eigenvalue weighted by atomic mass is 9.64. The number of nitrogens with one attached hydrogen (secondary N) is 1. The topological polar surface area (TPSA) is 130 Å². The number of sulfonamides is 1. The van der Waals surface area contributed by atoms with Gasteiger partial charge in [0, 0.05) is 5.41 Å². The van der Waals surface area contributed by atoms with Crippen molar-refractivity contribution in [1.29, 1.82) is 0 Å². The van der Waals surface area contributed by atoms with Gasteiger partial charge in [-0.3, -0.25) is 9.59 Å². The Hall–Kier alpha value is -2.13. The minimum Gasteiger partial charge on any atom is -0.487 e. The molecular weight excluding hydrogens is 374 g/mol. The molecule has 2 rings (SSSR count). The zero-order valence-corrected chi connectivity index (χ0v) is 16.8. The molecule has 0 saturated heterocycles. The van der Waals surface area contributed by atoms with Crippen LogP contribution in [-0.2, 0) is 19.6 Å². The Balaban J connectivity index is 2.43. The SMILES string of the molecule is CC1c2cc(S(=O)(=O)NC(CC(=O)O)C(=O)O)ccc2OC(C)(C)C1(C)C. The predicted octanol–water partition coefficient (Wildman–Crippen LogP) is 2.19. The Labute approximate surface area is 158 Å². The van der Waals surface area contributed by atoms with Crippen molar-refractivity contribution in [2.75, 3.05) is 0 Å². The molecule has 2 unspecified atom stereocenters. The molecule has 3 N–H and O–H groups in total. The summed E-state index contributed by atoms with van der Waals surface area (Å²) in [6.45, 7) is 10.0. The molecule has 1 aromatic rings. The molecular formula is C18H25NO7S. The molecule has 0 amide bonds. The lowest BCUT2D eigenvalue weighted by Gasteiger charge is -2.50. The van der Waals surface area contributed by atoms with Gasteiger partial charge in [0.25, 0.3) is 0 Å². The third kappa shape index (κ3) is 3.93. The molecule has 0 aliphatic carbocycles. The van der Waals surface area contributed by atoms with E-state index in [1.54, 1.807) is 6.07 Å². The summed E-state index contributed by atoms with van der Waals surface area (Å²) in [5.41, 5.74) is -0.0521. The Bertz CT molecular complexity index is 874. The third-order valence-corrected chi connectivity index (χ3v) is 7.20. The fourth-order valence-electron chi connectivity index (χ4n) is 3.05. The van der Waals surface area contributed by atoms with Crippen molar-refractivity contribution >= 4 is 22.0 Å². The zero-order chi connectivity index (χ0) is 20.8. The molecule has 0 spiro atoms. The van der Waals surface area contributed by atoms with Crippen LogP contribution < -0.4 is 9.46 Å². The lowest BCUT2D eigenvalue weighted by Crippen LogP contribution is -2.50. The fourth-order valence-corrected chi connectivity index (χ4v) is 4.28. The highest BCUT2D eigenvalue weighted by Gasteiger charge is 2.48. The van der Waals surface area contributed by atoms with E-state index in [9.17, 15) is 18.0 Å². The Morgan fingerprint density at radius 1 is 1.22 bits per heavy atom. The summed E-state index contributed by atoms with van der Waals surface area (Å²) in [5.74, 6) is -2.42. The summed E-state index contributed by atoms with van der Waals surface area (Å²) in [6, 6.07) is 2.57. The molecule has 0 aromatic heterocycles. The van der Waals surface area contributed by atoms with Crippen molar-refractivity contribution in [2.45, 2.75) is 63.5 Å². The molecule has 1 aromatic carbocycles. The van der Waals surface area contributed by atoms with Crippen LogP contribution in [0.4, 0.5) is 0 Å². The summed E-state index contributed by atoms with van der Waals surface area (Å²) < 4.78 is 33.2. The monoisotopic (exact) mass is 399 g/mol. The highest BCUT2D eigenvalue weighted by atomic mass is 32.2. The number of carboxylic acids is 2. The van der Waals surface area contributed by atoms with Crippen molar-refractivity contribution in [1.82, 2.24) is 4.72 Å². The van der Waals surface area contributed by atoms with E-state index in [0.717, 1.165) is 0 Å². The molecule has 0 saturated carbocycles. The van der Waals surface area contributed by atoms with Crippen molar-refractivity contribution < 1.29 is 33.0 Å². The average molecular weight is 399 g/mol. The number of carboxylic acid groups (broad SMARTS) is 2. The first-order valence-electron chi connectivity index (χ1n) is 8.49. The molecule has 2 atom stereocenters. The molecule has 9 heteroatoms. The normalized spacial score (nSPS) is 21.6. The number of fused-ring (bicyclic) bond motifs is 1. The first kappa shape index (κ1) is 21.2. The largest absolute Gasteiger partial charge is 0.487 e. The fraction of sp³-hybridized carbons (Fsp3) is 0.556. The van der Waals surface area contributed by atoms with Gasteiger partial charge in [0.15, 0.2) is 0 Å². The summed E-state index contributed by atoms with van der Waals surface area (Å²) >= 11 is 0. The Kier molecular flexibility index (Phi) is 5.33. The van der Waals surface area contributed by atoms with Gasteiger partial charge in [0.05, 0.1) is 11.3 Å². The van der Waals surface area contributed by atoms with E-state index in [0.29, 0.717) is 11.3 Å².